The summed E-state index contributed by atoms with van der Waals surface area (Å²) in [5, 5.41) is 13.0. The zero-order chi connectivity index (χ0) is 45.7. The van der Waals surface area contributed by atoms with Crippen LogP contribution in [0.3, 0.4) is 0 Å². The molecule has 3 aliphatic heterocycles. The number of benzene rings is 1. The van der Waals surface area contributed by atoms with Gasteiger partial charge in [0, 0.05) is 119 Å². The third kappa shape index (κ3) is 8.36. The van der Waals surface area contributed by atoms with E-state index in [0.29, 0.717) is 64.7 Å². The molecule has 1 saturated heterocycles. The number of aromatic amines is 2. The summed E-state index contributed by atoms with van der Waals surface area (Å²) in [6.07, 6.45) is 0.152. The second-order valence-corrected chi connectivity index (χ2v) is 18.4. The molecule has 4 aromatic rings. The van der Waals surface area contributed by atoms with E-state index in [-0.39, 0.29) is 48.1 Å². The summed E-state index contributed by atoms with van der Waals surface area (Å²) in [6, 6.07) is 12.4. The molecule has 8 rings (SSSR count). The van der Waals surface area contributed by atoms with Gasteiger partial charge < -0.3 is 34.8 Å². The minimum Gasteiger partial charge on any atom is -0.480 e. The first-order chi connectivity index (χ1) is 30.7. The number of halogens is 2. The van der Waals surface area contributed by atoms with Gasteiger partial charge in [-0.1, -0.05) is 32.9 Å². The van der Waals surface area contributed by atoms with Crippen LogP contribution in [0.2, 0.25) is 0 Å². The topological polar surface area (TPSA) is 183 Å². The number of aromatic nitrogens is 4. The Morgan fingerprint density at radius 1 is 0.922 bits per heavy atom. The number of carbonyl (C=O) groups is 4. The number of alkyl halides is 2. The van der Waals surface area contributed by atoms with Crippen molar-refractivity contribution >= 4 is 74.4 Å². The first kappa shape index (κ1) is 45.5. The van der Waals surface area contributed by atoms with Crippen molar-refractivity contribution in [2.24, 2.45) is 0 Å². The van der Waals surface area contributed by atoms with E-state index >= 15 is 0 Å². The summed E-state index contributed by atoms with van der Waals surface area (Å²) >= 11 is 12.0. The van der Waals surface area contributed by atoms with E-state index in [1.807, 2.05) is 56.3 Å². The standard InChI is InChI=1S/C49H56Cl2N6O7/c1-8-30-23(2)32-22-37-40(27(6)58)25(4)34(53-37)20-33-24(3)31(13-14-39(59)54-38(48(61)62)19-28-9-11-29(12-10-28)57(17-15-50)18-16-51)44(55-33)42-43(47-49(63-7)64-47)46(60)41-26(5)35(56-45(41)42)21-36(30)52-32/h9-12,20-24,30-31,38,43,47,49,53,56H,8,13-19H2,1-7H3,(H,54,59)(H,61,62)/t23-,24+,30-,31+,38?,43?,47?,49?/m1/s1. The molecule has 0 saturated carbocycles. The molecule has 1 amide bonds. The first-order valence-corrected chi connectivity index (χ1v) is 23.2. The Bertz CT molecular complexity index is 2670. The molecule has 4 aliphatic rings. The fourth-order valence-electron chi connectivity index (χ4n) is 10.3. The maximum atomic E-state index is 14.7. The van der Waals surface area contributed by atoms with Crippen LogP contribution in [0, 0.1) is 13.8 Å². The first-order valence-electron chi connectivity index (χ1n) is 22.2. The zero-order valence-electron chi connectivity index (χ0n) is 37.3. The number of Topliss-reactive ketones (excluding diaryl/α,β-unsaturated/α-hetero) is 2. The number of anilines is 1. The number of H-pyrrole nitrogens is 2. The number of aryl methyl sites for hydroxylation is 2. The van der Waals surface area contributed by atoms with Crippen LogP contribution in [0.4, 0.5) is 5.69 Å². The van der Waals surface area contributed by atoms with Crippen molar-refractivity contribution in [1.29, 1.82) is 0 Å². The van der Waals surface area contributed by atoms with Gasteiger partial charge in [0.2, 0.25) is 5.91 Å². The number of rotatable bonds is 16. The van der Waals surface area contributed by atoms with Gasteiger partial charge in [-0.15, -0.1) is 23.2 Å². The number of hydrogen-bond acceptors (Lipinski definition) is 9. The van der Waals surface area contributed by atoms with E-state index in [2.05, 4.69) is 41.0 Å². The highest BCUT2D eigenvalue weighted by Gasteiger charge is 2.55. The predicted molar refractivity (Wildman–Crippen MR) is 248 cm³/mol. The molecule has 0 spiro atoms. The number of hydrogen-bond donors (Lipinski definition) is 4. The number of carboxylic acids is 1. The molecular weight excluding hydrogens is 855 g/mol. The molecular formula is C49H56Cl2N6O7. The summed E-state index contributed by atoms with van der Waals surface area (Å²) < 4.78 is 11.6. The number of ether oxygens (including phenoxy) is 2. The lowest BCUT2D eigenvalue weighted by atomic mass is 9.83. The van der Waals surface area contributed by atoms with Crippen LogP contribution in [0.5, 0.6) is 0 Å². The average molecular weight is 912 g/mol. The minimum absolute atomic E-state index is 0.00213. The highest BCUT2D eigenvalue weighted by atomic mass is 35.5. The molecule has 3 aromatic heterocycles. The van der Waals surface area contributed by atoms with Crippen molar-refractivity contribution in [2.45, 2.75) is 115 Å². The second kappa shape index (κ2) is 18.4. The molecule has 1 fully saturated rings. The number of amides is 1. The Balaban J connectivity index is 1.21. The number of nitrogens with one attached hydrogen (secondary N) is 3. The van der Waals surface area contributed by atoms with Crippen LogP contribution in [0.25, 0.3) is 22.1 Å². The number of nitrogens with zero attached hydrogens (tertiary/aromatic N) is 3. The smallest absolute Gasteiger partial charge is 0.326 e. The highest BCUT2D eigenvalue weighted by Crippen LogP contribution is 2.52. The summed E-state index contributed by atoms with van der Waals surface area (Å²) in [5.41, 5.74) is 11.2. The van der Waals surface area contributed by atoms with E-state index in [4.69, 9.17) is 42.6 Å². The third-order valence-electron chi connectivity index (χ3n) is 13.8. The van der Waals surface area contributed by atoms with Crippen molar-refractivity contribution in [3.05, 3.63) is 98.6 Å². The molecule has 4 unspecified atom stereocenters. The molecule has 1 aliphatic carbocycles. The Morgan fingerprint density at radius 2 is 1.56 bits per heavy atom. The van der Waals surface area contributed by atoms with Crippen LogP contribution < -0.4 is 10.2 Å². The Labute approximate surface area is 382 Å². The van der Waals surface area contributed by atoms with Gasteiger partial charge in [-0.25, -0.2) is 4.79 Å². The van der Waals surface area contributed by atoms with Gasteiger partial charge in [-0.3, -0.25) is 24.4 Å². The van der Waals surface area contributed by atoms with Gasteiger partial charge in [0.1, 0.15) is 12.1 Å². The SMILES string of the molecule is CC[C@H]1c2cc3[nH]c4c(c3C)C(=O)C(C3OC3OC)c4c3nc(cc4[nH]c(cc(n2)[C@@H]1C)c(C(C)=O)c4C)[C@@H](C)[C@@H]3CCC(=O)NC(Cc1ccc(N(CCCl)CCCl)cc1)C(=O)O. The lowest BCUT2D eigenvalue weighted by Gasteiger charge is -2.23. The van der Waals surface area contributed by atoms with Gasteiger partial charge in [-0.2, -0.15) is 0 Å². The van der Waals surface area contributed by atoms with Gasteiger partial charge in [-0.05, 0) is 80.6 Å². The maximum absolute atomic E-state index is 14.7. The summed E-state index contributed by atoms with van der Waals surface area (Å²) in [4.78, 5) is 74.1. The Morgan fingerprint density at radius 3 is 2.19 bits per heavy atom. The molecule has 8 atom stereocenters. The highest BCUT2D eigenvalue weighted by molar-refractivity contribution is 6.19. The number of carbonyl (C=O) groups excluding carboxylic acids is 3. The number of aliphatic carboxylic acids is 1. The number of epoxide rings is 1. The van der Waals surface area contributed by atoms with Crippen molar-refractivity contribution < 1.29 is 33.8 Å². The van der Waals surface area contributed by atoms with E-state index in [9.17, 15) is 24.3 Å². The van der Waals surface area contributed by atoms with Crippen molar-refractivity contribution in [2.75, 3.05) is 36.9 Å². The van der Waals surface area contributed by atoms with E-state index in [1.165, 1.54) is 0 Å². The van der Waals surface area contributed by atoms with E-state index in [0.717, 1.165) is 56.9 Å². The molecule has 15 heteroatoms. The zero-order valence-corrected chi connectivity index (χ0v) is 38.8. The molecule has 13 nitrogen and oxygen atoms in total. The number of fused-ring (bicyclic) bond motifs is 8. The minimum atomic E-state index is -1.17. The van der Waals surface area contributed by atoms with Crippen LogP contribution in [0.15, 0.2) is 42.5 Å². The number of carboxylic acid groups (broad SMARTS) is 1. The number of ketones is 2. The molecule has 6 heterocycles. The lowest BCUT2D eigenvalue weighted by Crippen LogP contribution is -2.42. The van der Waals surface area contributed by atoms with E-state index in [1.54, 1.807) is 14.0 Å². The Hall–Kier alpha value is -5.08. The van der Waals surface area contributed by atoms with Gasteiger partial charge in [0.25, 0.3) is 0 Å². The van der Waals surface area contributed by atoms with Gasteiger partial charge in [0.05, 0.1) is 22.6 Å². The van der Waals surface area contributed by atoms with Gasteiger partial charge >= 0.3 is 5.97 Å². The lowest BCUT2D eigenvalue weighted by molar-refractivity contribution is -0.141. The van der Waals surface area contributed by atoms with Crippen molar-refractivity contribution in [1.82, 2.24) is 25.3 Å². The van der Waals surface area contributed by atoms with Crippen molar-refractivity contribution in [3.63, 3.8) is 0 Å². The summed E-state index contributed by atoms with van der Waals surface area (Å²) in [5.74, 6) is -1.93. The fraction of sp³-hybridized carbons (Fsp3) is 0.469. The molecule has 338 valence electrons. The van der Waals surface area contributed by atoms with Gasteiger partial charge in [0.15, 0.2) is 17.9 Å². The largest absolute Gasteiger partial charge is 0.480 e. The molecule has 4 N–H and O–H groups in total. The predicted octanol–water partition coefficient (Wildman–Crippen LogP) is 8.85. The molecule has 64 heavy (non-hydrogen) atoms. The number of methoxy groups -OCH3 is 1. The van der Waals surface area contributed by atoms with Crippen LogP contribution in [-0.2, 0) is 25.5 Å². The van der Waals surface area contributed by atoms with Crippen LogP contribution in [0.1, 0.15) is 142 Å². The normalized spacial score (nSPS) is 22.7. The van der Waals surface area contributed by atoms with E-state index < -0.39 is 36.2 Å². The molecule has 8 bridgehead atoms. The third-order valence-corrected chi connectivity index (χ3v) is 14.2. The summed E-state index contributed by atoms with van der Waals surface area (Å²) in [7, 11) is 1.56. The summed E-state index contributed by atoms with van der Waals surface area (Å²) in [6.45, 7) is 13.0. The van der Waals surface area contributed by atoms with Crippen LogP contribution in [-0.4, -0.2) is 98.9 Å². The van der Waals surface area contributed by atoms with Crippen LogP contribution >= 0.6 is 23.2 Å². The monoisotopic (exact) mass is 910 g/mol. The van der Waals surface area contributed by atoms with Crippen molar-refractivity contribution in [3.8, 4) is 0 Å². The molecule has 1 aromatic carbocycles. The molecule has 0 radical (unpaired) electrons. The Kier molecular flexibility index (Phi) is 13.1. The quantitative estimate of drug-likeness (QED) is 0.0482. The fourth-order valence-corrected chi connectivity index (χ4v) is 10.7. The second-order valence-electron chi connectivity index (χ2n) is 17.6. The maximum Gasteiger partial charge on any atom is 0.326 e. The average Bonchev–Trinajstić information content (AvgIpc) is 3.36.